The van der Waals surface area contributed by atoms with E-state index >= 15 is 0 Å². The first-order valence-electron chi connectivity index (χ1n) is 9.16. The van der Waals surface area contributed by atoms with E-state index in [4.69, 9.17) is 0 Å². The number of hydrogen-bond acceptors (Lipinski definition) is 4. The van der Waals surface area contributed by atoms with Crippen molar-refractivity contribution in [2.24, 2.45) is 0 Å². The van der Waals surface area contributed by atoms with Gasteiger partial charge in [0.15, 0.2) is 5.78 Å². The number of benzene rings is 1. The molecule has 0 bridgehead atoms. The van der Waals surface area contributed by atoms with Crippen LogP contribution in [-0.2, 0) is 0 Å². The molecule has 0 radical (unpaired) electrons. The van der Waals surface area contributed by atoms with Gasteiger partial charge < -0.3 is 5.32 Å². The maximum atomic E-state index is 12.7. The molecule has 0 atom stereocenters. The van der Waals surface area contributed by atoms with Gasteiger partial charge in [0.05, 0.1) is 22.5 Å². The summed E-state index contributed by atoms with van der Waals surface area (Å²) in [6, 6.07) is 10.0. The number of hydrogen-bond donors (Lipinski definition) is 1. The smallest absolute Gasteiger partial charge is 0.166 e. The molecule has 4 heteroatoms. The van der Waals surface area contributed by atoms with Crippen LogP contribution in [0.3, 0.4) is 0 Å². The third kappa shape index (κ3) is 3.45. The minimum Gasteiger partial charge on any atom is -0.354 e. The molecule has 0 unspecified atom stereocenters. The van der Waals surface area contributed by atoms with Crippen molar-refractivity contribution in [3.8, 4) is 0 Å². The van der Waals surface area contributed by atoms with E-state index in [2.05, 4.69) is 42.1 Å². The van der Waals surface area contributed by atoms with Gasteiger partial charge in [-0.3, -0.25) is 14.8 Å². The van der Waals surface area contributed by atoms with Crippen LogP contribution < -0.4 is 5.32 Å². The summed E-state index contributed by atoms with van der Waals surface area (Å²) in [6.45, 7) is 8.28. The van der Waals surface area contributed by atoms with E-state index in [0.717, 1.165) is 40.0 Å². The molecule has 0 fully saturated rings. The van der Waals surface area contributed by atoms with Crippen LogP contribution in [-0.4, -0.2) is 15.8 Å². The van der Waals surface area contributed by atoms with E-state index in [1.54, 1.807) is 12.4 Å². The molecule has 3 rings (SSSR count). The highest BCUT2D eigenvalue weighted by Gasteiger charge is 2.18. The normalized spacial score (nSPS) is 11.1. The molecule has 3 aromatic rings. The maximum Gasteiger partial charge on any atom is 0.166 e. The zero-order valence-corrected chi connectivity index (χ0v) is 15.8. The summed E-state index contributed by atoms with van der Waals surface area (Å²) >= 11 is 0. The first-order chi connectivity index (χ1) is 12.5. The molecule has 0 spiro atoms. The standard InChI is InChI=1S/C22H25N3O/c1-5-8-19(26)17-13-24-22-16(11-12-23-20(22)14(2)3)21(17)25-18-10-7-6-9-15(18)4/h6-7,9-14H,5,8H2,1-4H3,(H,24,25). The molecule has 2 aromatic heterocycles. The van der Waals surface area contributed by atoms with Gasteiger partial charge in [-0.15, -0.1) is 0 Å². The third-order valence-electron chi connectivity index (χ3n) is 4.54. The number of nitrogens with one attached hydrogen (secondary N) is 1. The Hall–Kier alpha value is -2.75. The molecule has 0 saturated carbocycles. The van der Waals surface area contributed by atoms with Gasteiger partial charge in [0, 0.05) is 29.9 Å². The van der Waals surface area contributed by atoms with Gasteiger partial charge in [-0.1, -0.05) is 39.0 Å². The van der Waals surface area contributed by atoms with Crippen LogP contribution >= 0.6 is 0 Å². The Kier molecular flexibility index (Phi) is 5.31. The van der Waals surface area contributed by atoms with Gasteiger partial charge in [0.25, 0.3) is 0 Å². The SMILES string of the molecule is CCCC(=O)c1cnc2c(C(C)C)nccc2c1Nc1ccccc1C. The number of aromatic nitrogens is 2. The van der Waals surface area contributed by atoms with Crippen LogP contribution in [0.1, 0.15) is 61.1 Å². The zero-order chi connectivity index (χ0) is 18.7. The number of carbonyl (C=O) groups is 1. The second-order valence-corrected chi connectivity index (χ2v) is 6.91. The quantitative estimate of drug-likeness (QED) is 0.574. The zero-order valence-electron chi connectivity index (χ0n) is 15.8. The van der Waals surface area contributed by atoms with Gasteiger partial charge >= 0.3 is 0 Å². The van der Waals surface area contributed by atoms with Crippen LogP contribution in [0, 0.1) is 6.92 Å². The molecule has 0 aliphatic heterocycles. The summed E-state index contributed by atoms with van der Waals surface area (Å²) in [5.74, 6) is 0.371. The molecule has 134 valence electrons. The van der Waals surface area contributed by atoms with Crippen molar-refractivity contribution >= 4 is 28.1 Å². The predicted octanol–water partition coefficient (Wildman–Crippen LogP) is 5.79. The molecule has 1 aromatic carbocycles. The van der Waals surface area contributed by atoms with E-state index < -0.39 is 0 Å². The third-order valence-corrected chi connectivity index (χ3v) is 4.54. The second kappa shape index (κ2) is 7.65. The average molecular weight is 347 g/mol. The monoisotopic (exact) mass is 347 g/mol. The lowest BCUT2D eigenvalue weighted by molar-refractivity contribution is 0.0982. The van der Waals surface area contributed by atoms with Crippen molar-refractivity contribution < 1.29 is 4.79 Å². The van der Waals surface area contributed by atoms with Crippen LogP contribution in [0.25, 0.3) is 10.9 Å². The lowest BCUT2D eigenvalue weighted by Gasteiger charge is -2.17. The first kappa shape index (κ1) is 18.1. The fraction of sp³-hybridized carbons (Fsp3) is 0.318. The fourth-order valence-corrected chi connectivity index (χ4v) is 3.12. The summed E-state index contributed by atoms with van der Waals surface area (Å²) in [5.41, 5.74) is 5.39. The van der Waals surface area contributed by atoms with Crippen molar-refractivity contribution in [1.29, 1.82) is 0 Å². The number of pyridine rings is 2. The lowest BCUT2D eigenvalue weighted by atomic mass is 10.00. The molecule has 1 N–H and O–H groups in total. The number of aryl methyl sites for hydroxylation is 1. The van der Waals surface area contributed by atoms with E-state index in [9.17, 15) is 4.79 Å². The average Bonchev–Trinajstić information content (AvgIpc) is 2.63. The highest BCUT2D eigenvalue weighted by atomic mass is 16.1. The minimum atomic E-state index is 0.112. The number of ketones is 1. The minimum absolute atomic E-state index is 0.112. The predicted molar refractivity (Wildman–Crippen MR) is 107 cm³/mol. The Labute approximate surface area is 154 Å². The van der Waals surface area contributed by atoms with Crippen LogP contribution in [0.5, 0.6) is 0 Å². The largest absolute Gasteiger partial charge is 0.354 e. The van der Waals surface area contributed by atoms with Crippen LogP contribution in [0.15, 0.2) is 42.7 Å². The number of Topliss-reactive ketones (excluding diaryl/α,β-unsaturated/α-hetero) is 1. The summed E-state index contributed by atoms with van der Waals surface area (Å²) in [4.78, 5) is 21.8. The van der Waals surface area contributed by atoms with E-state index in [1.807, 2.05) is 31.2 Å². The summed E-state index contributed by atoms with van der Waals surface area (Å²) < 4.78 is 0. The maximum absolute atomic E-state index is 12.7. The van der Waals surface area contributed by atoms with Crippen molar-refractivity contribution in [1.82, 2.24) is 9.97 Å². The molecule has 0 aliphatic carbocycles. The molecule has 2 heterocycles. The van der Waals surface area contributed by atoms with Crippen molar-refractivity contribution in [2.75, 3.05) is 5.32 Å². The molecule has 0 aliphatic rings. The molecule has 4 nitrogen and oxygen atoms in total. The Morgan fingerprint density at radius 2 is 1.92 bits per heavy atom. The molecule has 0 saturated heterocycles. The number of nitrogens with zero attached hydrogens (tertiary/aromatic N) is 2. The number of anilines is 2. The van der Waals surface area contributed by atoms with E-state index in [0.29, 0.717) is 12.0 Å². The van der Waals surface area contributed by atoms with Crippen molar-refractivity contribution in [2.45, 2.75) is 46.5 Å². The van der Waals surface area contributed by atoms with Crippen molar-refractivity contribution in [3.63, 3.8) is 0 Å². The Balaban J connectivity index is 2.24. The Morgan fingerprint density at radius 3 is 2.62 bits per heavy atom. The Morgan fingerprint density at radius 1 is 1.15 bits per heavy atom. The molecule has 26 heavy (non-hydrogen) atoms. The van der Waals surface area contributed by atoms with Crippen molar-refractivity contribution in [3.05, 3.63) is 59.5 Å². The highest BCUT2D eigenvalue weighted by molar-refractivity contribution is 6.09. The van der Waals surface area contributed by atoms with E-state index in [-0.39, 0.29) is 11.7 Å². The topological polar surface area (TPSA) is 54.9 Å². The summed E-state index contributed by atoms with van der Waals surface area (Å²) in [6.07, 6.45) is 4.83. The molecular weight excluding hydrogens is 322 g/mol. The first-order valence-corrected chi connectivity index (χ1v) is 9.16. The number of fused-ring (bicyclic) bond motifs is 1. The van der Waals surface area contributed by atoms with Gasteiger partial charge in [0.2, 0.25) is 0 Å². The number of rotatable bonds is 6. The second-order valence-electron chi connectivity index (χ2n) is 6.91. The van der Waals surface area contributed by atoms with E-state index in [1.165, 1.54) is 0 Å². The lowest BCUT2D eigenvalue weighted by Crippen LogP contribution is -2.07. The number of para-hydroxylation sites is 1. The van der Waals surface area contributed by atoms with Gasteiger partial charge in [0.1, 0.15) is 0 Å². The summed E-state index contributed by atoms with van der Waals surface area (Å²) in [5, 5.41) is 4.44. The van der Waals surface area contributed by atoms with Gasteiger partial charge in [-0.05, 0) is 37.0 Å². The highest BCUT2D eigenvalue weighted by Crippen LogP contribution is 2.33. The Bertz CT molecular complexity index is 947. The molecular formula is C22H25N3O. The summed E-state index contributed by atoms with van der Waals surface area (Å²) in [7, 11) is 0. The van der Waals surface area contributed by atoms with Gasteiger partial charge in [-0.25, -0.2) is 0 Å². The number of carbonyl (C=O) groups excluding carboxylic acids is 1. The van der Waals surface area contributed by atoms with Crippen LogP contribution in [0.4, 0.5) is 11.4 Å². The molecule has 0 amide bonds. The fourth-order valence-electron chi connectivity index (χ4n) is 3.12. The van der Waals surface area contributed by atoms with Gasteiger partial charge in [-0.2, -0.15) is 0 Å². The van der Waals surface area contributed by atoms with Crippen LogP contribution in [0.2, 0.25) is 0 Å².